The Morgan fingerprint density at radius 2 is 1.88 bits per heavy atom. The topological polar surface area (TPSA) is 58.4 Å². The minimum absolute atomic E-state index is 0.180. The molecule has 24 heavy (non-hydrogen) atoms. The van der Waals surface area contributed by atoms with Crippen molar-refractivity contribution in [1.82, 2.24) is 10.2 Å². The number of hydrogen-bond donors (Lipinski definition) is 2. The van der Waals surface area contributed by atoms with Gasteiger partial charge in [0, 0.05) is 31.6 Å². The Labute approximate surface area is 145 Å². The molecule has 4 heteroatoms. The van der Waals surface area contributed by atoms with Crippen molar-refractivity contribution in [3.63, 3.8) is 0 Å². The zero-order chi connectivity index (χ0) is 16.9. The van der Waals surface area contributed by atoms with Crippen LogP contribution in [0.2, 0.25) is 0 Å². The van der Waals surface area contributed by atoms with Gasteiger partial charge in [0.05, 0.1) is 0 Å². The third-order valence-electron chi connectivity index (χ3n) is 5.87. The molecule has 2 atom stereocenters. The number of benzene rings is 1. The van der Waals surface area contributed by atoms with Crippen molar-refractivity contribution in [1.29, 1.82) is 0 Å². The van der Waals surface area contributed by atoms with Crippen molar-refractivity contribution in [3.8, 4) is 0 Å². The third-order valence-corrected chi connectivity index (χ3v) is 5.87. The van der Waals surface area contributed by atoms with E-state index in [1.165, 1.54) is 24.8 Å². The lowest BCUT2D eigenvalue weighted by Gasteiger charge is -2.43. The second-order valence-corrected chi connectivity index (χ2v) is 7.71. The fourth-order valence-corrected chi connectivity index (χ4v) is 4.49. The first kappa shape index (κ1) is 17.4. The number of rotatable bonds is 6. The smallest absolute Gasteiger partial charge is 0.223 e. The fraction of sp³-hybridized carbons (Fsp3) is 0.650. The normalized spacial score (nSPS) is 29.5. The molecule has 1 aromatic carbocycles. The first-order valence-corrected chi connectivity index (χ1v) is 9.39. The van der Waals surface area contributed by atoms with Crippen LogP contribution in [-0.2, 0) is 11.3 Å². The van der Waals surface area contributed by atoms with Crippen molar-refractivity contribution in [2.24, 2.45) is 23.5 Å². The molecule has 4 nitrogen and oxygen atoms in total. The molecule has 1 aromatic rings. The summed E-state index contributed by atoms with van der Waals surface area (Å²) in [4.78, 5) is 14.8. The van der Waals surface area contributed by atoms with Crippen LogP contribution in [0.15, 0.2) is 30.3 Å². The predicted octanol–water partition coefficient (Wildman–Crippen LogP) is 2.39. The van der Waals surface area contributed by atoms with Gasteiger partial charge in [0.15, 0.2) is 0 Å². The van der Waals surface area contributed by atoms with Gasteiger partial charge in [0.2, 0.25) is 5.91 Å². The van der Waals surface area contributed by atoms with Crippen molar-refractivity contribution in [2.75, 3.05) is 20.1 Å². The average molecular weight is 329 g/mol. The monoisotopic (exact) mass is 329 g/mol. The third kappa shape index (κ3) is 4.37. The molecular formula is C20H31N3O. The molecule has 2 aliphatic carbocycles. The summed E-state index contributed by atoms with van der Waals surface area (Å²) in [5, 5.41) is 3.15. The number of carbonyl (C=O) groups excluding carboxylic acids is 1. The second kappa shape index (κ2) is 8.13. The van der Waals surface area contributed by atoms with E-state index < -0.39 is 0 Å². The van der Waals surface area contributed by atoms with Crippen molar-refractivity contribution in [3.05, 3.63) is 35.9 Å². The Kier molecular flexibility index (Phi) is 5.90. The van der Waals surface area contributed by atoms with Crippen LogP contribution in [0.25, 0.3) is 0 Å². The van der Waals surface area contributed by atoms with Crippen molar-refractivity contribution >= 4 is 5.91 Å². The van der Waals surface area contributed by atoms with E-state index >= 15 is 0 Å². The van der Waals surface area contributed by atoms with Crippen molar-refractivity contribution in [2.45, 2.75) is 44.7 Å². The van der Waals surface area contributed by atoms with Crippen LogP contribution in [0.1, 0.15) is 37.7 Å². The van der Waals surface area contributed by atoms with Gasteiger partial charge >= 0.3 is 0 Å². The Morgan fingerprint density at radius 3 is 2.54 bits per heavy atom. The summed E-state index contributed by atoms with van der Waals surface area (Å²) in [6, 6.07) is 10.8. The quantitative estimate of drug-likeness (QED) is 0.842. The Morgan fingerprint density at radius 1 is 1.21 bits per heavy atom. The number of hydrogen-bond acceptors (Lipinski definition) is 3. The highest BCUT2D eigenvalue weighted by Crippen LogP contribution is 2.41. The zero-order valence-corrected chi connectivity index (χ0v) is 14.8. The summed E-state index contributed by atoms with van der Waals surface area (Å²) in [5.74, 6) is 1.55. The fourth-order valence-electron chi connectivity index (χ4n) is 4.49. The molecular weight excluding hydrogens is 298 g/mol. The summed E-state index contributed by atoms with van der Waals surface area (Å²) in [7, 11) is 2.10. The number of carbonyl (C=O) groups is 1. The van der Waals surface area contributed by atoms with Gasteiger partial charge in [-0.15, -0.1) is 0 Å². The van der Waals surface area contributed by atoms with E-state index in [1.807, 2.05) is 6.07 Å². The Hall–Kier alpha value is -1.39. The van der Waals surface area contributed by atoms with Crippen LogP contribution < -0.4 is 11.1 Å². The number of nitrogens with two attached hydrogens (primary N) is 1. The molecule has 0 spiro atoms. The number of likely N-dealkylation sites (N-methyl/N-ethyl adjacent to an activating group) is 1. The van der Waals surface area contributed by atoms with Gasteiger partial charge in [0.25, 0.3) is 0 Å². The Balaban J connectivity index is 1.39. The molecule has 0 aromatic heterocycles. The summed E-state index contributed by atoms with van der Waals surface area (Å²) >= 11 is 0. The first-order valence-electron chi connectivity index (χ1n) is 9.39. The van der Waals surface area contributed by atoms with Gasteiger partial charge in [-0.1, -0.05) is 36.8 Å². The molecule has 3 N–H and O–H groups in total. The van der Waals surface area contributed by atoms with Crippen LogP contribution in [0.3, 0.4) is 0 Å². The summed E-state index contributed by atoms with van der Waals surface area (Å²) in [5.41, 5.74) is 7.63. The molecule has 3 rings (SSSR count). The molecule has 2 bridgehead atoms. The maximum atomic E-state index is 12.5. The molecule has 1 amide bonds. The molecule has 2 aliphatic rings. The predicted molar refractivity (Wildman–Crippen MR) is 97.3 cm³/mol. The molecule has 0 saturated heterocycles. The minimum Gasteiger partial charge on any atom is -0.355 e. The lowest BCUT2D eigenvalue weighted by molar-refractivity contribution is -0.127. The standard InChI is InChI=1S/C20H31N3O/c1-23(14-15-6-3-2-4-7-15)11-10-22-20(24)18-12-16-8-5-9-17(13-18)19(16)21/h2-4,6-7,16-19H,5,8-14,21H2,1H3,(H,22,24). The summed E-state index contributed by atoms with van der Waals surface area (Å²) < 4.78 is 0. The minimum atomic E-state index is 0.180. The zero-order valence-electron chi connectivity index (χ0n) is 14.8. The van der Waals surface area contributed by atoms with E-state index in [1.54, 1.807) is 0 Å². The lowest BCUT2D eigenvalue weighted by Crippen LogP contribution is -2.49. The van der Waals surface area contributed by atoms with E-state index in [9.17, 15) is 4.79 Å². The maximum absolute atomic E-state index is 12.5. The number of nitrogens with zero attached hydrogens (tertiary/aromatic N) is 1. The summed E-state index contributed by atoms with van der Waals surface area (Å²) in [6.07, 6.45) is 5.69. The number of fused-ring (bicyclic) bond motifs is 2. The highest BCUT2D eigenvalue weighted by atomic mass is 16.1. The highest BCUT2D eigenvalue weighted by molar-refractivity contribution is 5.78. The first-order chi connectivity index (χ1) is 11.6. The van der Waals surface area contributed by atoms with E-state index in [4.69, 9.17) is 5.73 Å². The van der Waals surface area contributed by atoms with Gasteiger partial charge in [0.1, 0.15) is 0 Å². The largest absolute Gasteiger partial charge is 0.355 e. The van der Waals surface area contributed by atoms with E-state index in [-0.39, 0.29) is 11.8 Å². The van der Waals surface area contributed by atoms with Crippen LogP contribution >= 0.6 is 0 Å². The Bertz CT molecular complexity index is 519. The summed E-state index contributed by atoms with van der Waals surface area (Å²) in [6.45, 7) is 2.51. The lowest BCUT2D eigenvalue weighted by atomic mass is 9.65. The van der Waals surface area contributed by atoms with Gasteiger partial charge in [-0.3, -0.25) is 4.79 Å². The maximum Gasteiger partial charge on any atom is 0.223 e. The molecule has 0 aliphatic heterocycles. The van der Waals surface area contributed by atoms with Gasteiger partial charge in [-0.25, -0.2) is 0 Å². The van der Waals surface area contributed by atoms with Crippen LogP contribution in [0.5, 0.6) is 0 Å². The van der Waals surface area contributed by atoms with Crippen LogP contribution in [-0.4, -0.2) is 37.0 Å². The SMILES string of the molecule is CN(CCNC(=O)C1CC2CCCC(C1)C2N)Cc1ccccc1. The van der Waals surface area contributed by atoms with E-state index in [2.05, 4.69) is 41.5 Å². The molecule has 0 radical (unpaired) electrons. The molecule has 2 fully saturated rings. The van der Waals surface area contributed by atoms with Crippen LogP contribution in [0, 0.1) is 17.8 Å². The van der Waals surface area contributed by atoms with Crippen molar-refractivity contribution < 1.29 is 4.79 Å². The average Bonchev–Trinajstić information content (AvgIpc) is 2.55. The van der Waals surface area contributed by atoms with Gasteiger partial charge in [-0.05, 0) is 50.1 Å². The van der Waals surface area contributed by atoms with E-state index in [0.29, 0.717) is 17.9 Å². The second-order valence-electron chi connectivity index (χ2n) is 7.71. The molecule has 0 heterocycles. The molecule has 132 valence electrons. The van der Waals surface area contributed by atoms with Gasteiger partial charge < -0.3 is 16.0 Å². The highest BCUT2D eigenvalue weighted by Gasteiger charge is 2.40. The molecule has 2 saturated carbocycles. The van der Waals surface area contributed by atoms with Gasteiger partial charge in [-0.2, -0.15) is 0 Å². The van der Waals surface area contributed by atoms with E-state index in [0.717, 1.165) is 32.5 Å². The number of nitrogens with one attached hydrogen (secondary N) is 1. The number of amides is 1. The van der Waals surface area contributed by atoms with Crippen LogP contribution in [0.4, 0.5) is 0 Å². The molecule has 2 unspecified atom stereocenters.